The number of carbonyl (C=O) groups is 1. The highest BCUT2D eigenvalue weighted by Gasteiger charge is 2.35. The molecule has 1 aromatic heterocycles. The number of anilines is 1. The Balaban J connectivity index is 1.46. The highest BCUT2D eigenvalue weighted by molar-refractivity contribution is 5.80. The van der Waals surface area contributed by atoms with E-state index in [0.29, 0.717) is 0 Å². The second-order valence-electron chi connectivity index (χ2n) is 9.10. The van der Waals surface area contributed by atoms with Gasteiger partial charge in [-0.3, -0.25) is 9.78 Å². The van der Waals surface area contributed by atoms with Gasteiger partial charge < -0.3 is 10.6 Å². The molecule has 4 rings (SSSR count). The SMILES string of the molecule is CC(C)(C)c1ccc(C2Nc3nccnc3C2CCCNC(=O)C2CC2)cc1. The van der Waals surface area contributed by atoms with Crippen molar-refractivity contribution in [2.45, 2.75) is 63.8 Å². The summed E-state index contributed by atoms with van der Waals surface area (Å²) in [5.41, 5.74) is 3.79. The van der Waals surface area contributed by atoms with E-state index < -0.39 is 0 Å². The van der Waals surface area contributed by atoms with Crippen LogP contribution in [-0.2, 0) is 10.2 Å². The molecule has 0 bridgehead atoms. The van der Waals surface area contributed by atoms with Crippen LogP contribution in [0.4, 0.5) is 5.82 Å². The van der Waals surface area contributed by atoms with Crippen LogP contribution in [0.3, 0.4) is 0 Å². The van der Waals surface area contributed by atoms with Crippen LogP contribution < -0.4 is 10.6 Å². The fraction of sp³-hybridized carbons (Fsp3) is 0.522. The third-order valence-corrected chi connectivity index (χ3v) is 5.85. The molecule has 1 amide bonds. The van der Waals surface area contributed by atoms with Gasteiger partial charge in [-0.2, -0.15) is 0 Å². The number of hydrogen-bond acceptors (Lipinski definition) is 4. The summed E-state index contributed by atoms with van der Waals surface area (Å²) >= 11 is 0. The lowest BCUT2D eigenvalue weighted by Crippen LogP contribution is -2.26. The molecule has 2 unspecified atom stereocenters. The molecule has 0 spiro atoms. The predicted octanol–water partition coefficient (Wildman–Crippen LogP) is 4.33. The maximum Gasteiger partial charge on any atom is 0.223 e. The normalized spacial score (nSPS) is 21.1. The number of nitrogens with one attached hydrogen (secondary N) is 2. The molecule has 1 aromatic carbocycles. The summed E-state index contributed by atoms with van der Waals surface area (Å²) in [6.07, 6.45) is 7.52. The fourth-order valence-corrected chi connectivity index (χ4v) is 3.97. The lowest BCUT2D eigenvalue weighted by Gasteiger charge is -2.23. The first kappa shape index (κ1) is 18.9. The zero-order valence-electron chi connectivity index (χ0n) is 17.0. The molecule has 5 heteroatoms. The highest BCUT2D eigenvalue weighted by Crippen LogP contribution is 2.44. The summed E-state index contributed by atoms with van der Waals surface area (Å²) in [5.74, 6) is 1.65. The smallest absolute Gasteiger partial charge is 0.223 e. The number of carbonyl (C=O) groups excluding carboxylic acids is 1. The number of amides is 1. The van der Waals surface area contributed by atoms with Gasteiger partial charge in [0.15, 0.2) is 0 Å². The summed E-state index contributed by atoms with van der Waals surface area (Å²) in [6, 6.07) is 9.09. The van der Waals surface area contributed by atoms with Crippen molar-refractivity contribution in [2.75, 3.05) is 11.9 Å². The van der Waals surface area contributed by atoms with Crippen LogP contribution >= 0.6 is 0 Å². The number of hydrogen-bond donors (Lipinski definition) is 2. The molecular weight excluding hydrogens is 348 g/mol. The molecule has 5 nitrogen and oxygen atoms in total. The quantitative estimate of drug-likeness (QED) is 0.734. The van der Waals surface area contributed by atoms with Gasteiger partial charge in [-0.25, -0.2) is 4.98 Å². The molecular formula is C23H30N4O. The number of aromatic nitrogens is 2. The van der Waals surface area contributed by atoms with E-state index >= 15 is 0 Å². The van der Waals surface area contributed by atoms with E-state index in [1.807, 2.05) is 0 Å². The van der Waals surface area contributed by atoms with Crippen molar-refractivity contribution in [2.24, 2.45) is 5.92 Å². The molecule has 2 heterocycles. The summed E-state index contributed by atoms with van der Waals surface area (Å²) in [7, 11) is 0. The average Bonchev–Trinajstić information content (AvgIpc) is 3.46. The van der Waals surface area contributed by atoms with Crippen LogP contribution in [0.1, 0.15) is 75.2 Å². The van der Waals surface area contributed by atoms with Gasteiger partial charge in [0.2, 0.25) is 5.91 Å². The zero-order valence-corrected chi connectivity index (χ0v) is 17.0. The Bertz CT molecular complexity index is 836. The minimum Gasteiger partial charge on any atom is -0.361 e. The van der Waals surface area contributed by atoms with Gasteiger partial charge in [0.1, 0.15) is 5.82 Å². The Kier molecular flexibility index (Phi) is 5.09. The lowest BCUT2D eigenvalue weighted by atomic mass is 9.84. The van der Waals surface area contributed by atoms with E-state index in [4.69, 9.17) is 0 Å². The van der Waals surface area contributed by atoms with E-state index in [9.17, 15) is 4.79 Å². The lowest BCUT2D eigenvalue weighted by molar-refractivity contribution is -0.122. The Morgan fingerprint density at radius 3 is 2.54 bits per heavy atom. The minimum absolute atomic E-state index is 0.146. The molecule has 2 aliphatic rings. The Morgan fingerprint density at radius 2 is 1.86 bits per heavy atom. The van der Waals surface area contributed by atoms with E-state index in [1.165, 1.54) is 11.1 Å². The molecule has 2 N–H and O–H groups in total. The summed E-state index contributed by atoms with van der Waals surface area (Å²) < 4.78 is 0. The molecule has 1 aliphatic heterocycles. The predicted molar refractivity (Wildman–Crippen MR) is 111 cm³/mol. The Labute approximate surface area is 167 Å². The number of benzene rings is 1. The summed E-state index contributed by atoms with van der Waals surface area (Å²) in [4.78, 5) is 21.0. The van der Waals surface area contributed by atoms with Gasteiger partial charge in [0.05, 0.1) is 11.7 Å². The Morgan fingerprint density at radius 1 is 1.14 bits per heavy atom. The third-order valence-electron chi connectivity index (χ3n) is 5.85. The minimum atomic E-state index is 0.146. The third kappa shape index (κ3) is 4.03. The molecule has 0 saturated heterocycles. The van der Waals surface area contributed by atoms with Crippen molar-refractivity contribution in [3.05, 3.63) is 53.5 Å². The van der Waals surface area contributed by atoms with Gasteiger partial charge >= 0.3 is 0 Å². The summed E-state index contributed by atoms with van der Waals surface area (Å²) in [5, 5.41) is 6.65. The first-order valence-electron chi connectivity index (χ1n) is 10.4. The maximum atomic E-state index is 11.9. The van der Waals surface area contributed by atoms with Gasteiger partial charge in [0.25, 0.3) is 0 Å². The van der Waals surface area contributed by atoms with Crippen LogP contribution in [0, 0.1) is 5.92 Å². The number of rotatable bonds is 6. The molecule has 1 aliphatic carbocycles. The molecule has 28 heavy (non-hydrogen) atoms. The molecule has 2 aromatic rings. The van der Waals surface area contributed by atoms with Crippen molar-refractivity contribution in [3.63, 3.8) is 0 Å². The fourth-order valence-electron chi connectivity index (χ4n) is 3.97. The van der Waals surface area contributed by atoms with E-state index in [2.05, 4.69) is 65.6 Å². The highest BCUT2D eigenvalue weighted by atomic mass is 16.2. The van der Waals surface area contributed by atoms with Gasteiger partial charge in [0, 0.05) is 30.8 Å². The average molecular weight is 379 g/mol. The van der Waals surface area contributed by atoms with Crippen molar-refractivity contribution in [1.29, 1.82) is 0 Å². The molecule has 1 saturated carbocycles. The molecule has 0 radical (unpaired) electrons. The maximum absolute atomic E-state index is 11.9. The molecule has 2 atom stereocenters. The van der Waals surface area contributed by atoms with Crippen molar-refractivity contribution < 1.29 is 4.79 Å². The van der Waals surface area contributed by atoms with Crippen molar-refractivity contribution in [1.82, 2.24) is 15.3 Å². The van der Waals surface area contributed by atoms with Gasteiger partial charge in [-0.15, -0.1) is 0 Å². The van der Waals surface area contributed by atoms with Crippen LogP contribution in [0.15, 0.2) is 36.7 Å². The Hall–Kier alpha value is -2.43. The first-order valence-corrected chi connectivity index (χ1v) is 10.4. The van der Waals surface area contributed by atoms with E-state index in [-0.39, 0.29) is 29.2 Å². The standard InChI is InChI=1S/C23H30N4O/c1-23(2,3)17-10-8-15(9-11-17)19-18(20-21(27-19)25-14-13-24-20)5-4-12-26-22(28)16-6-7-16/h8-11,13-14,16,18-19H,4-7,12H2,1-3H3,(H,25,27)(H,26,28). The number of nitrogens with zero attached hydrogens (tertiary/aromatic N) is 2. The van der Waals surface area contributed by atoms with Crippen LogP contribution in [0.2, 0.25) is 0 Å². The van der Waals surface area contributed by atoms with Gasteiger partial charge in [-0.1, -0.05) is 45.0 Å². The monoisotopic (exact) mass is 378 g/mol. The van der Waals surface area contributed by atoms with Gasteiger partial charge in [-0.05, 0) is 42.2 Å². The molecule has 148 valence electrons. The zero-order chi connectivity index (χ0) is 19.7. The van der Waals surface area contributed by atoms with Crippen molar-refractivity contribution >= 4 is 11.7 Å². The van der Waals surface area contributed by atoms with Crippen LogP contribution in [-0.4, -0.2) is 22.4 Å². The topological polar surface area (TPSA) is 66.9 Å². The van der Waals surface area contributed by atoms with Crippen LogP contribution in [0.25, 0.3) is 0 Å². The number of fused-ring (bicyclic) bond motifs is 1. The molecule has 1 fully saturated rings. The first-order chi connectivity index (χ1) is 13.4. The van der Waals surface area contributed by atoms with E-state index in [1.54, 1.807) is 12.4 Å². The largest absolute Gasteiger partial charge is 0.361 e. The van der Waals surface area contributed by atoms with Crippen LogP contribution in [0.5, 0.6) is 0 Å². The summed E-state index contributed by atoms with van der Waals surface area (Å²) in [6.45, 7) is 7.44. The second kappa shape index (κ2) is 7.53. The second-order valence-corrected chi connectivity index (χ2v) is 9.10. The van der Waals surface area contributed by atoms with Crippen molar-refractivity contribution in [3.8, 4) is 0 Å². The van der Waals surface area contributed by atoms with E-state index in [0.717, 1.165) is 43.7 Å².